The zero-order valence-electron chi connectivity index (χ0n) is 13.2. The maximum Gasteiger partial charge on any atom is 0.251 e. The highest BCUT2D eigenvalue weighted by Crippen LogP contribution is 2.13. The van der Waals surface area contributed by atoms with E-state index in [0.29, 0.717) is 5.56 Å². The molecule has 1 saturated heterocycles. The van der Waals surface area contributed by atoms with E-state index in [9.17, 15) is 9.59 Å². The van der Waals surface area contributed by atoms with Crippen molar-refractivity contribution >= 4 is 5.91 Å². The van der Waals surface area contributed by atoms with Gasteiger partial charge in [-0.3, -0.25) is 14.5 Å². The van der Waals surface area contributed by atoms with Gasteiger partial charge >= 0.3 is 0 Å². The minimum atomic E-state index is -0.172. The van der Waals surface area contributed by atoms with Crippen LogP contribution in [0.15, 0.2) is 53.5 Å². The van der Waals surface area contributed by atoms with Crippen molar-refractivity contribution in [3.8, 4) is 0 Å². The molecule has 0 spiro atoms. The van der Waals surface area contributed by atoms with Gasteiger partial charge in [-0.05, 0) is 18.1 Å². The van der Waals surface area contributed by atoms with Crippen molar-refractivity contribution in [1.82, 2.24) is 14.8 Å². The lowest BCUT2D eigenvalue weighted by atomic mass is 10.2. The molecule has 5 nitrogen and oxygen atoms in total. The fourth-order valence-electron chi connectivity index (χ4n) is 2.89. The summed E-state index contributed by atoms with van der Waals surface area (Å²) in [5, 5.41) is 3.03. The first-order chi connectivity index (χ1) is 11.1. The number of hydrogen-bond donors (Lipinski definition) is 1. The molecule has 0 aliphatic carbocycles. The molecule has 23 heavy (non-hydrogen) atoms. The molecule has 1 aromatic heterocycles. The molecule has 1 fully saturated rings. The van der Waals surface area contributed by atoms with Gasteiger partial charge in [0.25, 0.3) is 11.5 Å². The van der Waals surface area contributed by atoms with Crippen LogP contribution in [0, 0.1) is 0 Å². The second kappa shape index (κ2) is 6.79. The molecule has 1 aliphatic heterocycles. The minimum Gasteiger partial charge on any atom is -0.348 e. The highest BCUT2D eigenvalue weighted by atomic mass is 16.2. The Labute approximate surface area is 135 Å². The van der Waals surface area contributed by atoms with E-state index in [1.807, 2.05) is 18.2 Å². The van der Waals surface area contributed by atoms with E-state index in [4.69, 9.17) is 0 Å². The van der Waals surface area contributed by atoms with Gasteiger partial charge in [-0.15, -0.1) is 0 Å². The molecular weight excluding hydrogens is 290 g/mol. The Morgan fingerprint density at radius 3 is 2.78 bits per heavy atom. The zero-order valence-corrected chi connectivity index (χ0v) is 13.2. The molecule has 1 atom stereocenters. The number of nitrogens with zero attached hydrogens (tertiary/aromatic N) is 2. The van der Waals surface area contributed by atoms with Crippen molar-refractivity contribution in [1.29, 1.82) is 0 Å². The highest BCUT2D eigenvalue weighted by molar-refractivity contribution is 5.94. The average Bonchev–Trinajstić information content (AvgIpc) is 2.98. The number of aryl methyl sites for hydroxylation is 1. The Bertz CT molecular complexity index is 739. The number of pyridine rings is 1. The van der Waals surface area contributed by atoms with Crippen LogP contribution in [0.3, 0.4) is 0 Å². The van der Waals surface area contributed by atoms with E-state index in [0.717, 1.165) is 26.1 Å². The Morgan fingerprint density at radius 2 is 2.04 bits per heavy atom. The molecule has 120 valence electrons. The van der Waals surface area contributed by atoms with E-state index in [1.54, 1.807) is 19.3 Å². The van der Waals surface area contributed by atoms with Gasteiger partial charge in [0.1, 0.15) is 0 Å². The van der Waals surface area contributed by atoms with Gasteiger partial charge in [0.2, 0.25) is 0 Å². The van der Waals surface area contributed by atoms with Gasteiger partial charge in [-0.25, -0.2) is 0 Å². The first-order valence-corrected chi connectivity index (χ1v) is 7.85. The van der Waals surface area contributed by atoms with Crippen LogP contribution in [0.2, 0.25) is 0 Å². The number of likely N-dealkylation sites (tertiary alicyclic amines) is 1. The topological polar surface area (TPSA) is 54.3 Å². The van der Waals surface area contributed by atoms with Crippen LogP contribution in [-0.2, 0) is 13.6 Å². The fraction of sp³-hybridized carbons (Fsp3) is 0.333. The molecule has 5 heteroatoms. The van der Waals surface area contributed by atoms with Crippen molar-refractivity contribution in [2.24, 2.45) is 7.05 Å². The standard InChI is InChI=1S/C18H21N3O2/c1-20-9-7-15(11-17(20)22)18(23)19-16-8-10-21(13-16)12-14-5-3-2-4-6-14/h2-7,9,11,16H,8,10,12-13H2,1H3,(H,19,23)/t16-/m0/s1. The normalized spacial score (nSPS) is 18.0. The second-order valence-electron chi connectivity index (χ2n) is 6.04. The molecule has 1 N–H and O–H groups in total. The third kappa shape index (κ3) is 3.87. The van der Waals surface area contributed by atoms with E-state index < -0.39 is 0 Å². The Hall–Kier alpha value is -2.40. The van der Waals surface area contributed by atoms with Crippen molar-refractivity contribution in [3.05, 3.63) is 70.1 Å². The highest BCUT2D eigenvalue weighted by Gasteiger charge is 2.24. The van der Waals surface area contributed by atoms with Gasteiger partial charge in [0, 0.05) is 50.6 Å². The number of carbonyl (C=O) groups excluding carboxylic acids is 1. The van der Waals surface area contributed by atoms with Crippen LogP contribution in [-0.4, -0.2) is 34.5 Å². The number of hydrogen-bond acceptors (Lipinski definition) is 3. The average molecular weight is 311 g/mol. The Morgan fingerprint density at radius 1 is 1.26 bits per heavy atom. The molecule has 1 amide bonds. The summed E-state index contributed by atoms with van der Waals surface area (Å²) in [4.78, 5) is 26.2. The third-order valence-electron chi connectivity index (χ3n) is 4.22. The molecular formula is C18H21N3O2. The predicted octanol–water partition coefficient (Wildman–Crippen LogP) is 1.39. The van der Waals surface area contributed by atoms with Crippen molar-refractivity contribution < 1.29 is 4.79 Å². The summed E-state index contributed by atoms with van der Waals surface area (Å²) in [7, 11) is 1.67. The fourth-order valence-corrected chi connectivity index (χ4v) is 2.89. The van der Waals surface area contributed by atoms with Gasteiger partial charge < -0.3 is 9.88 Å². The van der Waals surface area contributed by atoms with Gasteiger partial charge in [-0.2, -0.15) is 0 Å². The summed E-state index contributed by atoms with van der Waals surface area (Å²) in [6, 6.07) is 13.5. The monoisotopic (exact) mass is 311 g/mol. The first-order valence-electron chi connectivity index (χ1n) is 7.85. The molecule has 1 aliphatic rings. The number of benzene rings is 1. The number of amides is 1. The van der Waals surface area contributed by atoms with E-state index in [-0.39, 0.29) is 17.5 Å². The Kier molecular flexibility index (Phi) is 4.57. The predicted molar refractivity (Wildman–Crippen MR) is 89.3 cm³/mol. The van der Waals surface area contributed by atoms with Crippen LogP contribution in [0.5, 0.6) is 0 Å². The molecule has 3 rings (SSSR count). The maximum atomic E-state index is 12.3. The Balaban J connectivity index is 1.56. The molecule has 1 aromatic carbocycles. The maximum absolute atomic E-state index is 12.3. The molecule has 2 heterocycles. The minimum absolute atomic E-state index is 0.135. The molecule has 0 unspecified atom stereocenters. The number of rotatable bonds is 4. The second-order valence-corrected chi connectivity index (χ2v) is 6.04. The van der Waals surface area contributed by atoms with Gasteiger partial charge in [0.15, 0.2) is 0 Å². The van der Waals surface area contributed by atoms with E-state index in [2.05, 4.69) is 22.3 Å². The largest absolute Gasteiger partial charge is 0.348 e. The van der Waals surface area contributed by atoms with E-state index in [1.165, 1.54) is 16.2 Å². The number of aromatic nitrogens is 1. The van der Waals surface area contributed by atoms with Crippen molar-refractivity contribution in [2.75, 3.05) is 13.1 Å². The zero-order chi connectivity index (χ0) is 16.2. The van der Waals surface area contributed by atoms with Crippen LogP contribution in [0.1, 0.15) is 22.3 Å². The summed E-state index contributed by atoms with van der Waals surface area (Å²) in [6.45, 7) is 2.71. The lowest BCUT2D eigenvalue weighted by molar-refractivity contribution is 0.0937. The molecule has 2 aromatic rings. The lowest BCUT2D eigenvalue weighted by Gasteiger charge is -2.17. The summed E-state index contributed by atoms with van der Waals surface area (Å²) >= 11 is 0. The van der Waals surface area contributed by atoms with Crippen LogP contribution in [0.25, 0.3) is 0 Å². The number of carbonyl (C=O) groups is 1. The third-order valence-corrected chi connectivity index (χ3v) is 4.22. The number of nitrogens with one attached hydrogen (secondary N) is 1. The molecule has 0 saturated carbocycles. The molecule has 0 bridgehead atoms. The van der Waals surface area contributed by atoms with Crippen LogP contribution >= 0.6 is 0 Å². The SMILES string of the molecule is Cn1ccc(C(=O)N[C@H]2CCN(Cc3ccccc3)C2)cc1=O. The van der Waals surface area contributed by atoms with Crippen LogP contribution < -0.4 is 10.9 Å². The molecule has 0 radical (unpaired) electrons. The smallest absolute Gasteiger partial charge is 0.251 e. The summed E-state index contributed by atoms with van der Waals surface area (Å²) in [5.41, 5.74) is 1.54. The first kappa shape index (κ1) is 15.5. The lowest BCUT2D eigenvalue weighted by Crippen LogP contribution is -2.37. The quantitative estimate of drug-likeness (QED) is 0.928. The summed E-state index contributed by atoms with van der Waals surface area (Å²) in [6.07, 6.45) is 2.55. The van der Waals surface area contributed by atoms with Gasteiger partial charge in [0.05, 0.1) is 0 Å². The van der Waals surface area contributed by atoms with Gasteiger partial charge in [-0.1, -0.05) is 30.3 Å². The van der Waals surface area contributed by atoms with Crippen molar-refractivity contribution in [3.63, 3.8) is 0 Å². The van der Waals surface area contributed by atoms with E-state index >= 15 is 0 Å². The van der Waals surface area contributed by atoms with Crippen molar-refractivity contribution in [2.45, 2.75) is 19.0 Å². The van der Waals surface area contributed by atoms with Crippen LogP contribution in [0.4, 0.5) is 0 Å². The summed E-state index contributed by atoms with van der Waals surface area (Å²) < 4.78 is 1.45. The summed E-state index contributed by atoms with van der Waals surface area (Å²) in [5.74, 6) is -0.172.